The smallest absolute Gasteiger partial charge is 0.260 e. The molecule has 5 rings (SSSR count). The van der Waals surface area contributed by atoms with Gasteiger partial charge < -0.3 is 0 Å². The molecule has 2 N–H and O–H groups in total. The fourth-order valence-corrected chi connectivity index (χ4v) is 4.11. The number of imidazole rings is 1. The minimum absolute atomic E-state index is 0.0415. The predicted octanol–water partition coefficient (Wildman–Crippen LogP) is 4.86. The molecule has 31 heavy (non-hydrogen) atoms. The molecule has 0 atom stereocenters. The van der Waals surface area contributed by atoms with E-state index in [1.54, 1.807) is 18.5 Å². The number of amides is 1. The molecule has 154 valence electrons. The molecular weight excluding hydrogens is 415 g/mol. The van der Waals surface area contributed by atoms with Gasteiger partial charge in [0, 0.05) is 34.0 Å². The lowest BCUT2D eigenvalue weighted by Gasteiger charge is -2.08. The van der Waals surface area contributed by atoms with Gasteiger partial charge in [0.2, 0.25) is 0 Å². The van der Waals surface area contributed by atoms with E-state index in [1.165, 1.54) is 23.5 Å². The Labute approximate surface area is 180 Å². The molecule has 1 aromatic carbocycles. The number of rotatable bonds is 4. The van der Waals surface area contributed by atoms with Crippen LogP contribution in [-0.2, 0) is 0 Å². The Morgan fingerprint density at radius 2 is 2.00 bits per heavy atom. The third kappa shape index (κ3) is 3.49. The quantitative estimate of drug-likeness (QED) is 0.425. The number of carbonyl (C=O) groups is 1. The van der Waals surface area contributed by atoms with Crippen LogP contribution >= 0.6 is 11.3 Å². The van der Waals surface area contributed by atoms with E-state index in [-0.39, 0.29) is 5.56 Å². The van der Waals surface area contributed by atoms with E-state index in [4.69, 9.17) is 0 Å². The molecule has 0 aliphatic carbocycles. The number of fused-ring (bicyclic) bond motifs is 1. The normalized spacial score (nSPS) is 11.2. The van der Waals surface area contributed by atoms with Gasteiger partial charge in [-0.25, -0.2) is 14.4 Å². The van der Waals surface area contributed by atoms with Crippen molar-refractivity contribution in [2.75, 3.05) is 5.32 Å². The predicted molar refractivity (Wildman–Crippen MR) is 118 cm³/mol. The summed E-state index contributed by atoms with van der Waals surface area (Å²) in [6.07, 6.45) is 5.40. The molecular formula is C22H17FN6OS. The Balaban J connectivity index is 1.49. The first-order chi connectivity index (χ1) is 15.0. The first-order valence-electron chi connectivity index (χ1n) is 9.50. The van der Waals surface area contributed by atoms with Gasteiger partial charge in [-0.1, -0.05) is 6.07 Å². The molecule has 0 saturated heterocycles. The summed E-state index contributed by atoms with van der Waals surface area (Å²) in [5.41, 5.74) is 5.74. The van der Waals surface area contributed by atoms with Crippen LogP contribution in [-0.4, -0.2) is 30.5 Å². The number of H-pyrrole nitrogens is 1. The maximum absolute atomic E-state index is 14.8. The molecule has 0 aliphatic rings. The largest absolute Gasteiger partial charge is 0.299 e. The van der Waals surface area contributed by atoms with Gasteiger partial charge in [0.15, 0.2) is 5.13 Å². The number of pyridine rings is 1. The summed E-state index contributed by atoms with van der Waals surface area (Å²) in [5.74, 6) is -1.14. The Kier molecular flexibility index (Phi) is 4.59. The summed E-state index contributed by atoms with van der Waals surface area (Å²) in [7, 11) is 0. The second-order valence-corrected chi connectivity index (χ2v) is 8.00. The van der Waals surface area contributed by atoms with Crippen molar-refractivity contribution >= 4 is 28.0 Å². The molecule has 4 aromatic heterocycles. The maximum atomic E-state index is 14.8. The average molecular weight is 432 g/mol. The number of thiazole rings is 1. The van der Waals surface area contributed by atoms with E-state index in [0.29, 0.717) is 10.7 Å². The van der Waals surface area contributed by atoms with E-state index in [0.717, 1.165) is 33.9 Å². The summed E-state index contributed by atoms with van der Waals surface area (Å²) in [6.45, 7) is 3.78. The molecule has 0 radical (unpaired) electrons. The van der Waals surface area contributed by atoms with Crippen LogP contribution in [0.3, 0.4) is 0 Å². The molecule has 7 nitrogen and oxygen atoms in total. The molecule has 0 bridgehead atoms. The molecule has 0 spiro atoms. The van der Waals surface area contributed by atoms with Gasteiger partial charge in [-0.15, -0.1) is 11.3 Å². The molecule has 1 amide bonds. The number of nitrogens with one attached hydrogen (secondary N) is 2. The summed E-state index contributed by atoms with van der Waals surface area (Å²) in [4.78, 5) is 21.0. The van der Waals surface area contributed by atoms with Crippen molar-refractivity contribution in [3.63, 3.8) is 0 Å². The summed E-state index contributed by atoms with van der Waals surface area (Å²) in [5, 5.41) is 11.9. The monoisotopic (exact) mass is 432 g/mol. The minimum Gasteiger partial charge on any atom is -0.299 e. The Hall–Kier alpha value is -3.85. The molecule has 0 aliphatic heterocycles. The van der Waals surface area contributed by atoms with Crippen molar-refractivity contribution in [2.45, 2.75) is 13.8 Å². The molecule has 4 heterocycles. The lowest BCUT2D eigenvalue weighted by atomic mass is 10.1. The van der Waals surface area contributed by atoms with Gasteiger partial charge >= 0.3 is 0 Å². The average Bonchev–Trinajstić information content (AvgIpc) is 3.47. The fraction of sp³-hybridized carbons (Fsp3) is 0.0909. The Morgan fingerprint density at radius 1 is 1.16 bits per heavy atom. The molecule has 0 fully saturated rings. The van der Waals surface area contributed by atoms with E-state index in [9.17, 15) is 9.18 Å². The van der Waals surface area contributed by atoms with Crippen LogP contribution in [0.15, 0.2) is 54.3 Å². The lowest BCUT2D eigenvalue weighted by Crippen LogP contribution is -2.13. The van der Waals surface area contributed by atoms with Crippen molar-refractivity contribution in [2.24, 2.45) is 0 Å². The molecule has 9 heteroatoms. The van der Waals surface area contributed by atoms with Crippen LogP contribution in [0.2, 0.25) is 0 Å². The fourth-order valence-electron chi connectivity index (χ4n) is 3.43. The van der Waals surface area contributed by atoms with Gasteiger partial charge in [-0.3, -0.25) is 19.6 Å². The second kappa shape index (κ2) is 7.44. The van der Waals surface area contributed by atoms with Crippen molar-refractivity contribution in [3.05, 3.63) is 77.1 Å². The van der Waals surface area contributed by atoms with Gasteiger partial charge in [-0.2, -0.15) is 5.10 Å². The molecule has 0 saturated carbocycles. The summed E-state index contributed by atoms with van der Waals surface area (Å²) >= 11 is 1.30. The van der Waals surface area contributed by atoms with E-state index >= 15 is 0 Å². The first-order valence-corrected chi connectivity index (χ1v) is 10.4. The van der Waals surface area contributed by atoms with Crippen LogP contribution in [0.5, 0.6) is 0 Å². The minimum atomic E-state index is -0.611. The maximum Gasteiger partial charge on any atom is 0.260 e. The van der Waals surface area contributed by atoms with Crippen LogP contribution in [0.4, 0.5) is 9.52 Å². The number of anilines is 1. The second-order valence-electron chi connectivity index (χ2n) is 7.14. The van der Waals surface area contributed by atoms with Crippen LogP contribution in [0, 0.1) is 19.7 Å². The number of aryl methyl sites for hydroxylation is 2. The van der Waals surface area contributed by atoms with Gasteiger partial charge in [0.25, 0.3) is 5.91 Å². The van der Waals surface area contributed by atoms with Crippen molar-refractivity contribution in [1.82, 2.24) is 24.6 Å². The highest BCUT2D eigenvalue weighted by Crippen LogP contribution is 2.27. The highest BCUT2D eigenvalue weighted by atomic mass is 32.1. The molecule has 5 aromatic rings. The third-order valence-electron chi connectivity index (χ3n) is 5.00. The van der Waals surface area contributed by atoms with Crippen molar-refractivity contribution in [1.29, 1.82) is 0 Å². The van der Waals surface area contributed by atoms with Crippen LogP contribution in [0.25, 0.3) is 28.0 Å². The number of carbonyl (C=O) groups excluding carboxylic acids is 1. The van der Waals surface area contributed by atoms with Crippen molar-refractivity contribution < 1.29 is 9.18 Å². The number of aromatic amines is 1. The molecule has 0 unspecified atom stereocenters. The Bertz CT molecular complexity index is 1430. The third-order valence-corrected chi connectivity index (χ3v) is 5.87. The number of aromatic nitrogens is 5. The van der Waals surface area contributed by atoms with Crippen LogP contribution < -0.4 is 5.32 Å². The number of benzene rings is 1. The zero-order chi connectivity index (χ0) is 21.5. The van der Waals surface area contributed by atoms with Gasteiger partial charge in [0.05, 0.1) is 29.3 Å². The van der Waals surface area contributed by atoms with Gasteiger partial charge in [0.1, 0.15) is 11.5 Å². The summed E-state index contributed by atoms with van der Waals surface area (Å²) in [6, 6.07) is 8.41. The van der Waals surface area contributed by atoms with E-state index in [1.807, 2.05) is 42.0 Å². The van der Waals surface area contributed by atoms with E-state index in [2.05, 4.69) is 25.5 Å². The standard InChI is InChI=1S/C22H17FN6OS/c1-12-11-31-22(26-12)27-21(30)16-5-3-14(7-18(16)23)19-9-24-20-6-4-15(10-29(19)20)17-8-25-28-13(17)2/h3-11H,1-2H3,(H,25,28)(H,26,27,30). The SMILES string of the molecule is Cc1csc(NC(=O)c2ccc(-c3cnc4ccc(-c5cn[nH]c5C)cn34)cc2F)n1. The van der Waals surface area contributed by atoms with Crippen molar-refractivity contribution in [3.8, 4) is 22.4 Å². The zero-order valence-electron chi connectivity index (χ0n) is 16.7. The lowest BCUT2D eigenvalue weighted by molar-refractivity contribution is 0.102. The van der Waals surface area contributed by atoms with Gasteiger partial charge in [-0.05, 0) is 38.1 Å². The number of nitrogens with zero attached hydrogens (tertiary/aromatic N) is 4. The topological polar surface area (TPSA) is 88.0 Å². The Morgan fingerprint density at radius 3 is 2.71 bits per heavy atom. The highest BCUT2D eigenvalue weighted by molar-refractivity contribution is 7.13. The van der Waals surface area contributed by atoms with Crippen LogP contribution in [0.1, 0.15) is 21.7 Å². The highest BCUT2D eigenvalue weighted by Gasteiger charge is 2.16. The number of hydrogen-bond donors (Lipinski definition) is 2. The number of hydrogen-bond acceptors (Lipinski definition) is 5. The summed E-state index contributed by atoms with van der Waals surface area (Å²) < 4.78 is 16.7. The first kappa shape index (κ1) is 19.1. The number of halogens is 1. The zero-order valence-corrected chi connectivity index (χ0v) is 17.5. The van der Waals surface area contributed by atoms with E-state index < -0.39 is 11.7 Å².